The van der Waals surface area contributed by atoms with Crippen LogP contribution < -0.4 is 10.6 Å². The number of para-hydroxylation sites is 1. The number of fused-ring (bicyclic) bond motifs is 1. The Morgan fingerprint density at radius 1 is 1.27 bits per heavy atom. The maximum atomic E-state index is 9.01. The van der Waals surface area contributed by atoms with Crippen molar-refractivity contribution in [3.63, 3.8) is 0 Å². The number of piperidine rings is 1. The molecular formula is C12H13N3. The van der Waals surface area contributed by atoms with Crippen molar-refractivity contribution in [1.29, 1.82) is 5.26 Å². The highest BCUT2D eigenvalue weighted by Gasteiger charge is 2.53. The van der Waals surface area contributed by atoms with Gasteiger partial charge in [0.15, 0.2) is 0 Å². The lowest BCUT2D eigenvalue weighted by Crippen LogP contribution is -2.28. The number of nitriles is 1. The molecule has 0 aromatic heterocycles. The van der Waals surface area contributed by atoms with E-state index in [4.69, 9.17) is 11.0 Å². The Kier molecular flexibility index (Phi) is 1.74. The highest BCUT2D eigenvalue weighted by Crippen LogP contribution is 2.45. The molecule has 2 aliphatic rings. The van der Waals surface area contributed by atoms with E-state index in [1.807, 2.05) is 24.3 Å². The van der Waals surface area contributed by atoms with Crippen LogP contribution in [-0.4, -0.2) is 19.1 Å². The molecule has 15 heavy (non-hydrogen) atoms. The van der Waals surface area contributed by atoms with Crippen LogP contribution in [0.25, 0.3) is 0 Å². The second-order valence-corrected chi connectivity index (χ2v) is 4.44. The maximum absolute atomic E-state index is 9.01. The third kappa shape index (κ3) is 1.22. The van der Waals surface area contributed by atoms with E-state index in [1.165, 1.54) is 0 Å². The number of hydrogen-bond donors (Lipinski definition) is 1. The van der Waals surface area contributed by atoms with Gasteiger partial charge < -0.3 is 10.6 Å². The van der Waals surface area contributed by atoms with Crippen LogP contribution in [0.1, 0.15) is 5.56 Å². The topological polar surface area (TPSA) is 53.0 Å². The number of anilines is 1. The zero-order valence-corrected chi connectivity index (χ0v) is 8.43. The summed E-state index contributed by atoms with van der Waals surface area (Å²) in [6.45, 7) is 2.04. The first-order valence-electron chi connectivity index (χ1n) is 5.31. The van der Waals surface area contributed by atoms with Gasteiger partial charge >= 0.3 is 0 Å². The Morgan fingerprint density at radius 3 is 2.60 bits per heavy atom. The van der Waals surface area contributed by atoms with Gasteiger partial charge in [-0.2, -0.15) is 5.26 Å². The number of nitrogens with zero attached hydrogens (tertiary/aromatic N) is 2. The Balaban J connectivity index is 1.86. The summed E-state index contributed by atoms with van der Waals surface area (Å²) in [7, 11) is 0. The minimum Gasteiger partial charge on any atom is -0.370 e. The van der Waals surface area contributed by atoms with Gasteiger partial charge in [-0.1, -0.05) is 12.1 Å². The number of benzene rings is 1. The van der Waals surface area contributed by atoms with Crippen molar-refractivity contribution >= 4 is 5.69 Å². The number of hydrogen-bond acceptors (Lipinski definition) is 3. The molecule has 1 saturated carbocycles. The monoisotopic (exact) mass is 199 g/mol. The predicted molar refractivity (Wildman–Crippen MR) is 58.3 cm³/mol. The van der Waals surface area contributed by atoms with Crippen LogP contribution in [-0.2, 0) is 0 Å². The first-order chi connectivity index (χ1) is 7.31. The summed E-state index contributed by atoms with van der Waals surface area (Å²) in [5, 5.41) is 9.01. The second-order valence-electron chi connectivity index (χ2n) is 4.44. The second kappa shape index (κ2) is 2.98. The third-order valence-corrected chi connectivity index (χ3v) is 3.63. The fourth-order valence-corrected chi connectivity index (χ4v) is 2.61. The first-order valence-corrected chi connectivity index (χ1v) is 5.31. The normalized spacial score (nSPS) is 32.3. The summed E-state index contributed by atoms with van der Waals surface area (Å²) >= 11 is 0. The van der Waals surface area contributed by atoms with E-state index in [1.54, 1.807) is 0 Å². The average molecular weight is 199 g/mol. The number of rotatable bonds is 1. The van der Waals surface area contributed by atoms with Crippen LogP contribution in [0.2, 0.25) is 0 Å². The SMILES string of the molecule is N#Cc1ccccc1N1CC2C(N)C2C1. The smallest absolute Gasteiger partial charge is 0.101 e. The lowest BCUT2D eigenvalue weighted by atomic mass is 10.1. The van der Waals surface area contributed by atoms with Crippen molar-refractivity contribution in [2.45, 2.75) is 6.04 Å². The molecule has 2 unspecified atom stereocenters. The quantitative estimate of drug-likeness (QED) is 0.732. The van der Waals surface area contributed by atoms with E-state index in [0.717, 1.165) is 24.3 Å². The predicted octanol–water partition coefficient (Wildman–Crippen LogP) is 0.952. The first kappa shape index (κ1) is 8.75. The van der Waals surface area contributed by atoms with Gasteiger partial charge in [0.2, 0.25) is 0 Å². The van der Waals surface area contributed by atoms with Gasteiger partial charge in [-0.25, -0.2) is 0 Å². The molecule has 2 atom stereocenters. The molecule has 1 heterocycles. The third-order valence-electron chi connectivity index (χ3n) is 3.63. The van der Waals surface area contributed by atoms with Crippen molar-refractivity contribution < 1.29 is 0 Å². The molecule has 1 aromatic carbocycles. The molecule has 0 radical (unpaired) electrons. The highest BCUT2D eigenvalue weighted by atomic mass is 15.2. The van der Waals surface area contributed by atoms with E-state index in [2.05, 4.69) is 11.0 Å². The molecule has 76 valence electrons. The largest absolute Gasteiger partial charge is 0.370 e. The molecule has 3 nitrogen and oxygen atoms in total. The van der Waals surface area contributed by atoms with Crippen LogP contribution in [0.3, 0.4) is 0 Å². The molecule has 3 rings (SSSR count). The summed E-state index contributed by atoms with van der Waals surface area (Å²) in [5.41, 5.74) is 7.73. The van der Waals surface area contributed by atoms with Crippen LogP contribution in [0, 0.1) is 23.2 Å². The summed E-state index contributed by atoms with van der Waals surface area (Å²) in [5.74, 6) is 1.33. The molecule has 1 aromatic rings. The Labute approximate surface area is 89.1 Å². The van der Waals surface area contributed by atoms with Gasteiger partial charge in [-0.15, -0.1) is 0 Å². The van der Waals surface area contributed by atoms with E-state index in [-0.39, 0.29) is 0 Å². The van der Waals surface area contributed by atoms with Gasteiger partial charge in [-0.05, 0) is 24.0 Å². The lowest BCUT2D eigenvalue weighted by Gasteiger charge is -2.22. The Hall–Kier alpha value is -1.53. The van der Waals surface area contributed by atoms with E-state index < -0.39 is 0 Å². The maximum Gasteiger partial charge on any atom is 0.101 e. The van der Waals surface area contributed by atoms with Crippen LogP contribution in [0.5, 0.6) is 0 Å². The Morgan fingerprint density at radius 2 is 1.93 bits per heavy atom. The van der Waals surface area contributed by atoms with Crippen molar-refractivity contribution in [3.8, 4) is 6.07 Å². The zero-order chi connectivity index (χ0) is 10.4. The molecule has 1 saturated heterocycles. The van der Waals surface area contributed by atoms with E-state index in [0.29, 0.717) is 17.9 Å². The molecule has 0 spiro atoms. The molecule has 3 heteroatoms. The van der Waals surface area contributed by atoms with Gasteiger partial charge in [0, 0.05) is 19.1 Å². The summed E-state index contributed by atoms with van der Waals surface area (Å²) in [6, 6.07) is 10.4. The molecular weight excluding hydrogens is 186 g/mol. The van der Waals surface area contributed by atoms with E-state index in [9.17, 15) is 0 Å². The van der Waals surface area contributed by atoms with Gasteiger partial charge in [0.25, 0.3) is 0 Å². The molecule has 2 N–H and O–H groups in total. The van der Waals surface area contributed by atoms with E-state index >= 15 is 0 Å². The van der Waals surface area contributed by atoms with Crippen molar-refractivity contribution in [2.24, 2.45) is 17.6 Å². The molecule has 0 bridgehead atoms. The van der Waals surface area contributed by atoms with Crippen LogP contribution >= 0.6 is 0 Å². The average Bonchev–Trinajstić information content (AvgIpc) is 2.73. The molecule has 2 fully saturated rings. The minimum atomic E-state index is 0.412. The summed E-state index contributed by atoms with van der Waals surface area (Å²) in [4.78, 5) is 2.29. The number of nitrogens with two attached hydrogens (primary N) is 1. The fourth-order valence-electron chi connectivity index (χ4n) is 2.61. The van der Waals surface area contributed by atoms with Gasteiger partial charge in [0.1, 0.15) is 6.07 Å². The standard InChI is InChI=1S/C12H13N3/c13-5-8-3-1-2-4-11(8)15-6-9-10(7-15)12(9)14/h1-4,9-10,12H,6-7,14H2. The Bertz CT molecular complexity index is 423. The van der Waals surface area contributed by atoms with Crippen LogP contribution in [0.15, 0.2) is 24.3 Å². The summed E-state index contributed by atoms with van der Waals surface area (Å²) < 4.78 is 0. The minimum absolute atomic E-state index is 0.412. The van der Waals surface area contributed by atoms with Gasteiger partial charge in [-0.3, -0.25) is 0 Å². The molecule has 1 aliphatic carbocycles. The lowest BCUT2D eigenvalue weighted by molar-refractivity contribution is 0.743. The van der Waals surface area contributed by atoms with Crippen molar-refractivity contribution in [2.75, 3.05) is 18.0 Å². The fraction of sp³-hybridized carbons (Fsp3) is 0.417. The van der Waals surface area contributed by atoms with Crippen molar-refractivity contribution in [1.82, 2.24) is 0 Å². The highest BCUT2D eigenvalue weighted by molar-refractivity contribution is 5.60. The summed E-state index contributed by atoms with van der Waals surface area (Å²) in [6.07, 6.45) is 0. The van der Waals surface area contributed by atoms with Crippen LogP contribution in [0.4, 0.5) is 5.69 Å². The molecule has 1 aliphatic heterocycles. The van der Waals surface area contributed by atoms with Gasteiger partial charge in [0.05, 0.1) is 11.3 Å². The van der Waals surface area contributed by atoms with Crippen molar-refractivity contribution in [3.05, 3.63) is 29.8 Å². The molecule has 0 amide bonds. The zero-order valence-electron chi connectivity index (χ0n) is 8.43.